The molecule has 0 bridgehead atoms. The predicted octanol–water partition coefficient (Wildman–Crippen LogP) is 3.42. The molecule has 0 aliphatic carbocycles. The maximum Gasteiger partial charge on any atom is 0.421 e. The molecule has 1 fully saturated rings. The molecule has 0 radical (unpaired) electrons. The van der Waals surface area contributed by atoms with E-state index in [1.807, 2.05) is 0 Å². The summed E-state index contributed by atoms with van der Waals surface area (Å²) in [6.45, 7) is 5.32. The van der Waals surface area contributed by atoms with Gasteiger partial charge in [0, 0.05) is 43.7 Å². The number of halogens is 3. The van der Waals surface area contributed by atoms with E-state index >= 15 is 0 Å². The molecule has 0 spiro atoms. The van der Waals surface area contributed by atoms with Crippen molar-refractivity contribution in [2.45, 2.75) is 62.9 Å². The summed E-state index contributed by atoms with van der Waals surface area (Å²) in [4.78, 5) is 9.40. The molecule has 0 unspecified atom stereocenters. The SMILES string of the molecule is COCc1cc(S(=O)(=O)NC(C)C)ccc1Nc1ncc(C(F)(F)F)c(N2CCC[C@](C)(O)C2)n1. The van der Waals surface area contributed by atoms with Crippen molar-refractivity contribution in [3.8, 4) is 0 Å². The van der Waals surface area contributed by atoms with Gasteiger partial charge in [-0.1, -0.05) is 0 Å². The number of piperidine rings is 1. The molecule has 1 aromatic heterocycles. The van der Waals surface area contributed by atoms with Gasteiger partial charge in [-0.2, -0.15) is 18.2 Å². The Labute approximate surface area is 202 Å². The number of aromatic nitrogens is 2. The van der Waals surface area contributed by atoms with Crippen LogP contribution in [0.2, 0.25) is 0 Å². The maximum absolute atomic E-state index is 13.7. The first-order valence-electron chi connectivity index (χ1n) is 11.0. The molecule has 1 aliphatic heterocycles. The number of nitrogens with zero attached hydrogens (tertiary/aromatic N) is 3. The number of sulfonamides is 1. The van der Waals surface area contributed by atoms with Crippen LogP contribution in [0.3, 0.4) is 0 Å². The lowest BCUT2D eigenvalue weighted by Gasteiger charge is -2.38. The topological polar surface area (TPSA) is 117 Å². The quantitative estimate of drug-likeness (QED) is 0.488. The number of benzene rings is 1. The second kappa shape index (κ2) is 10.2. The van der Waals surface area contributed by atoms with Crippen molar-refractivity contribution >= 4 is 27.5 Å². The first kappa shape index (κ1) is 27.1. The summed E-state index contributed by atoms with van der Waals surface area (Å²) in [5.41, 5.74) is -1.31. The van der Waals surface area contributed by atoms with Gasteiger partial charge < -0.3 is 20.1 Å². The van der Waals surface area contributed by atoms with E-state index in [0.717, 1.165) is 0 Å². The zero-order valence-corrected chi connectivity index (χ0v) is 20.8. The fourth-order valence-corrected chi connectivity index (χ4v) is 5.21. The average Bonchev–Trinajstić information content (AvgIpc) is 2.72. The number of aliphatic hydroxyl groups is 1. The number of nitrogens with one attached hydrogen (secondary N) is 2. The molecule has 1 aliphatic rings. The van der Waals surface area contributed by atoms with Gasteiger partial charge in [-0.25, -0.2) is 18.1 Å². The molecular weight excluding hydrogens is 487 g/mol. The average molecular weight is 518 g/mol. The monoisotopic (exact) mass is 517 g/mol. The molecule has 9 nitrogen and oxygen atoms in total. The Morgan fingerprint density at radius 1 is 1.31 bits per heavy atom. The molecular formula is C22H30F3N5O4S. The van der Waals surface area contributed by atoms with Crippen LogP contribution in [-0.2, 0) is 27.5 Å². The smallest absolute Gasteiger partial charge is 0.388 e. The predicted molar refractivity (Wildman–Crippen MR) is 125 cm³/mol. The van der Waals surface area contributed by atoms with Crippen LogP contribution in [0.25, 0.3) is 0 Å². The summed E-state index contributed by atoms with van der Waals surface area (Å²) < 4.78 is 73.9. The fraction of sp³-hybridized carbons (Fsp3) is 0.545. The van der Waals surface area contributed by atoms with Crippen molar-refractivity contribution in [3.63, 3.8) is 0 Å². The fourth-order valence-electron chi connectivity index (χ4n) is 3.91. The molecule has 2 heterocycles. The number of ether oxygens (including phenoxy) is 1. The minimum Gasteiger partial charge on any atom is -0.388 e. The molecule has 2 aromatic rings. The largest absolute Gasteiger partial charge is 0.421 e. The summed E-state index contributed by atoms with van der Waals surface area (Å²) in [5, 5.41) is 13.3. The number of rotatable bonds is 8. The van der Waals surface area contributed by atoms with Crippen molar-refractivity contribution in [1.82, 2.24) is 14.7 Å². The van der Waals surface area contributed by atoms with Gasteiger partial charge in [0.25, 0.3) is 0 Å². The normalized spacial score (nSPS) is 19.3. The van der Waals surface area contributed by atoms with E-state index in [1.165, 1.54) is 30.2 Å². The summed E-state index contributed by atoms with van der Waals surface area (Å²) in [6.07, 6.45) is -3.00. The number of alkyl halides is 3. The molecule has 35 heavy (non-hydrogen) atoms. The zero-order chi connectivity index (χ0) is 26.0. The van der Waals surface area contributed by atoms with Crippen LogP contribution < -0.4 is 14.9 Å². The van der Waals surface area contributed by atoms with Crippen LogP contribution in [0, 0.1) is 0 Å². The van der Waals surface area contributed by atoms with Gasteiger partial charge in [0.05, 0.1) is 17.1 Å². The van der Waals surface area contributed by atoms with E-state index in [4.69, 9.17) is 4.74 Å². The second-order valence-corrected chi connectivity index (χ2v) is 10.8. The van der Waals surface area contributed by atoms with Crippen LogP contribution in [-0.4, -0.2) is 55.3 Å². The Balaban J connectivity index is 1.99. The van der Waals surface area contributed by atoms with Gasteiger partial charge in [-0.05, 0) is 51.8 Å². The van der Waals surface area contributed by atoms with E-state index in [1.54, 1.807) is 20.8 Å². The number of β-amino-alcohol motifs (C(OH)–C–C–N with tert-alkyl or cyclic N) is 1. The van der Waals surface area contributed by atoms with Gasteiger partial charge in [-0.15, -0.1) is 0 Å². The molecule has 1 saturated heterocycles. The highest BCUT2D eigenvalue weighted by Crippen LogP contribution is 2.38. The highest BCUT2D eigenvalue weighted by molar-refractivity contribution is 7.89. The molecule has 0 amide bonds. The third kappa shape index (κ3) is 6.81. The van der Waals surface area contributed by atoms with E-state index < -0.39 is 27.4 Å². The van der Waals surface area contributed by atoms with Crippen LogP contribution in [0.4, 0.5) is 30.6 Å². The molecule has 3 rings (SSSR count). The van der Waals surface area contributed by atoms with Crippen molar-refractivity contribution < 1.29 is 31.4 Å². The molecule has 1 atom stereocenters. The lowest BCUT2D eigenvalue weighted by atomic mass is 9.95. The van der Waals surface area contributed by atoms with Crippen LogP contribution >= 0.6 is 0 Å². The van der Waals surface area contributed by atoms with Gasteiger partial charge in [0.1, 0.15) is 11.4 Å². The third-order valence-electron chi connectivity index (χ3n) is 5.37. The first-order valence-corrected chi connectivity index (χ1v) is 12.5. The Bertz CT molecular complexity index is 1160. The van der Waals surface area contributed by atoms with Crippen LogP contribution in [0.5, 0.6) is 0 Å². The number of hydrogen-bond acceptors (Lipinski definition) is 8. The molecule has 0 saturated carbocycles. The Kier molecular flexibility index (Phi) is 7.94. The van der Waals surface area contributed by atoms with Crippen LogP contribution in [0.15, 0.2) is 29.3 Å². The minimum absolute atomic E-state index is 0.00311. The van der Waals surface area contributed by atoms with Gasteiger partial charge >= 0.3 is 6.18 Å². The van der Waals surface area contributed by atoms with Gasteiger partial charge in [0.2, 0.25) is 16.0 Å². The lowest BCUT2D eigenvalue weighted by molar-refractivity contribution is -0.137. The van der Waals surface area contributed by atoms with Crippen molar-refractivity contribution in [2.75, 3.05) is 30.4 Å². The Hall–Kier alpha value is -2.48. The van der Waals surface area contributed by atoms with Gasteiger partial charge in [-0.3, -0.25) is 0 Å². The molecule has 1 aromatic carbocycles. The minimum atomic E-state index is -4.68. The van der Waals surface area contributed by atoms with E-state index in [-0.39, 0.29) is 35.9 Å². The van der Waals surface area contributed by atoms with E-state index in [9.17, 15) is 26.7 Å². The summed E-state index contributed by atoms with van der Waals surface area (Å²) in [6, 6.07) is 3.97. The summed E-state index contributed by atoms with van der Waals surface area (Å²) in [5.74, 6) is -0.435. The Morgan fingerprint density at radius 3 is 2.63 bits per heavy atom. The highest BCUT2D eigenvalue weighted by atomic mass is 32.2. The Morgan fingerprint density at radius 2 is 2.03 bits per heavy atom. The van der Waals surface area contributed by atoms with Crippen LogP contribution in [0.1, 0.15) is 44.7 Å². The standard InChI is InChI=1S/C22H30F3N5O4S/c1-14(2)29-35(32,33)16-6-7-18(15(10-16)12-34-4)27-20-26-11-17(22(23,24)25)19(28-20)30-9-5-8-21(3,31)13-30/h6-7,10-11,14,29,31H,5,8-9,12-13H2,1-4H3,(H,26,27,28)/t21-/m0/s1. The molecule has 13 heteroatoms. The molecule has 194 valence electrons. The maximum atomic E-state index is 13.7. The summed E-state index contributed by atoms with van der Waals surface area (Å²) in [7, 11) is -2.33. The zero-order valence-electron chi connectivity index (χ0n) is 20.0. The lowest BCUT2D eigenvalue weighted by Crippen LogP contribution is -2.47. The summed E-state index contributed by atoms with van der Waals surface area (Å²) >= 11 is 0. The third-order valence-corrected chi connectivity index (χ3v) is 7.03. The first-order chi connectivity index (χ1) is 16.2. The van der Waals surface area contributed by atoms with Crippen molar-refractivity contribution in [1.29, 1.82) is 0 Å². The van der Waals surface area contributed by atoms with E-state index in [0.29, 0.717) is 36.8 Å². The second-order valence-electron chi connectivity index (χ2n) is 9.10. The van der Waals surface area contributed by atoms with E-state index in [2.05, 4.69) is 20.0 Å². The molecule has 3 N–H and O–H groups in total. The van der Waals surface area contributed by atoms with Crippen molar-refractivity contribution in [3.05, 3.63) is 35.5 Å². The van der Waals surface area contributed by atoms with Crippen molar-refractivity contribution in [2.24, 2.45) is 0 Å². The number of methoxy groups -OCH3 is 1. The highest BCUT2D eigenvalue weighted by Gasteiger charge is 2.39. The number of anilines is 3. The number of hydrogen-bond donors (Lipinski definition) is 3. The van der Waals surface area contributed by atoms with Gasteiger partial charge in [0.15, 0.2) is 0 Å².